The number of hydrogen-bond donors (Lipinski definition) is 1. The molecule has 0 spiro atoms. The molecular weight excluding hydrogens is 242 g/mol. The van der Waals surface area contributed by atoms with Crippen LogP contribution in [0.2, 0.25) is 0 Å². The molecule has 0 aliphatic carbocycles. The van der Waals surface area contributed by atoms with E-state index in [4.69, 9.17) is 0 Å². The summed E-state index contributed by atoms with van der Waals surface area (Å²) in [6, 6.07) is 0. The van der Waals surface area contributed by atoms with Crippen LogP contribution in [0.5, 0.6) is 0 Å². The molecule has 1 aliphatic heterocycles. The number of nitrogens with one attached hydrogen (secondary N) is 1. The standard InChI is InChI=1S/C14H27N3O2/c1-4-17(5-2)14(19)11-16(3)13(18)10-12-6-8-15-9-7-12/h12,15H,4-11H2,1-3H3. The Hall–Kier alpha value is -1.10. The molecule has 0 bridgehead atoms. The van der Waals surface area contributed by atoms with Crippen LogP contribution in [0.3, 0.4) is 0 Å². The number of likely N-dealkylation sites (N-methyl/N-ethyl adjacent to an activating group) is 2. The number of carbonyl (C=O) groups excluding carboxylic acids is 2. The molecule has 110 valence electrons. The molecule has 1 N–H and O–H groups in total. The second-order valence-corrected chi connectivity index (χ2v) is 5.21. The van der Waals surface area contributed by atoms with Gasteiger partial charge in [0.25, 0.3) is 0 Å². The van der Waals surface area contributed by atoms with Gasteiger partial charge < -0.3 is 15.1 Å². The molecule has 5 nitrogen and oxygen atoms in total. The summed E-state index contributed by atoms with van der Waals surface area (Å²) in [5.41, 5.74) is 0. The van der Waals surface area contributed by atoms with E-state index in [1.165, 1.54) is 0 Å². The van der Waals surface area contributed by atoms with E-state index < -0.39 is 0 Å². The highest BCUT2D eigenvalue weighted by Crippen LogP contribution is 2.16. The van der Waals surface area contributed by atoms with Crippen molar-refractivity contribution in [1.82, 2.24) is 15.1 Å². The van der Waals surface area contributed by atoms with Gasteiger partial charge in [-0.25, -0.2) is 0 Å². The Morgan fingerprint density at radius 3 is 2.21 bits per heavy atom. The van der Waals surface area contributed by atoms with Crippen molar-refractivity contribution in [1.29, 1.82) is 0 Å². The third kappa shape index (κ3) is 5.19. The van der Waals surface area contributed by atoms with Gasteiger partial charge in [-0.05, 0) is 45.7 Å². The van der Waals surface area contributed by atoms with Crippen molar-refractivity contribution in [2.75, 3.05) is 39.8 Å². The van der Waals surface area contributed by atoms with Crippen LogP contribution in [-0.4, -0.2) is 61.4 Å². The molecule has 1 fully saturated rings. The lowest BCUT2D eigenvalue weighted by Crippen LogP contribution is -2.41. The van der Waals surface area contributed by atoms with E-state index in [0.717, 1.165) is 25.9 Å². The Balaban J connectivity index is 2.37. The fourth-order valence-electron chi connectivity index (χ4n) is 2.46. The van der Waals surface area contributed by atoms with E-state index in [0.29, 0.717) is 25.4 Å². The summed E-state index contributed by atoms with van der Waals surface area (Å²) in [7, 11) is 1.73. The Morgan fingerprint density at radius 2 is 1.68 bits per heavy atom. The van der Waals surface area contributed by atoms with Gasteiger partial charge in [0, 0.05) is 26.6 Å². The van der Waals surface area contributed by atoms with Crippen molar-refractivity contribution >= 4 is 11.8 Å². The summed E-state index contributed by atoms with van der Waals surface area (Å²) in [6.45, 7) is 7.51. The Kier molecular flexibility index (Phi) is 6.84. The van der Waals surface area contributed by atoms with Crippen molar-refractivity contribution in [3.05, 3.63) is 0 Å². The van der Waals surface area contributed by atoms with Crippen LogP contribution in [0.15, 0.2) is 0 Å². The summed E-state index contributed by atoms with van der Waals surface area (Å²) in [4.78, 5) is 27.3. The van der Waals surface area contributed by atoms with Gasteiger partial charge in [0.1, 0.15) is 0 Å². The van der Waals surface area contributed by atoms with Gasteiger partial charge in [-0.3, -0.25) is 9.59 Å². The lowest BCUT2D eigenvalue weighted by molar-refractivity contribution is -0.139. The molecule has 1 saturated heterocycles. The summed E-state index contributed by atoms with van der Waals surface area (Å²) < 4.78 is 0. The van der Waals surface area contributed by atoms with Gasteiger partial charge in [-0.15, -0.1) is 0 Å². The highest BCUT2D eigenvalue weighted by atomic mass is 16.2. The second-order valence-electron chi connectivity index (χ2n) is 5.21. The first kappa shape index (κ1) is 16.0. The Labute approximate surface area is 116 Å². The summed E-state index contributed by atoms with van der Waals surface area (Å²) >= 11 is 0. The van der Waals surface area contributed by atoms with Gasteiger partial charge in [0.05, 0.1) is 6.54 Å². The number of carbonyl (C=O) groups is 2. The van der Waals surface area contributed by atoms with Crippen LogP contribution < -0.4 is 5.32 Å². The molecule has 2 amide bonds. The maximum Gasteiger partial charge on any atom is 0.242 e. The SMILES string of the molecule is CCN(CC)C(=O)CN(C)C(=O)CC1CCNCC1. The van der Waals surface area contributed by atoms with Gasteiger partial charge in [-0.1, -0.05) is 0 Å². The molecule has 0 saturated carbocycles. The van der Waals surface area contributed by atoms with E-state index in [1.807, 2.05) is 13.8 Å². The van der Waals surface area contributed by atoms with Crippen molar-refractivity contribution in [2.45, 2.75) is 33.1 Å². The zero-order valence-corrected chi connectivity index (χ0v) is 12.4. The first-order valence-corrected chi connectivity index (χ1v) is 7.30. The summed E-state index contributed by atoms with van der Waals surface area (Å²) in [5, 5.41) is 3.29. The van der Waals surface area contributed by atoms with Crippen molar-refractivity contribution in [3.63, 3.8) is 0 Å². The smallest absolute Gasteiger partial charge is 0.242 e. The molecule has 0 aromatic carbocycles. The van der Waals surface area contributed by atoms with Crippen LogP contribution in [0.25, 0.3) is 0 Å². The largest absolute Gasteiger partial charge is 0.342 e. The number of amides is 2. The van der Waals surface area contributed by atoms with Crippen LogP contribution in [0, 0.1) is 5.92 Å². The van der Waals surface area contributed by atoms with Crippen LogP contribution in [-0.2, 0) is 9.59 Å². The molecule has 1 aliphatic rings. The normalized spacial score (nSPS) is 16.2. The van der Waals surface area contributed by atoms with Crippen molar-refractivity contribution < 1.29 is 9.59 Å². The predicted molar refractivity (Wildman–Crippen MR) is 75.8 cm³/mol. The number of piperidine rings is 1. The summed E-state index contributed by atoms with van der Waals surface area (Å²) in [5.74, 6) is 0.596. The number of nitrogens with zero attached hydrogens (tertiary/aromatic N) is 2. The molecule has 5 heteroatoms. The molecule has 0 aromatic heterocycles. The topological polar surface area (TPSA) is 52.7 Å². The molecule has 1 heterocycles. The lowest BCUT2D eigenvalue weighted by atomic mass is 9.94. The monoisotopic (exact) mass is 269 g/mol. The van der Waals surface area contributed by atoms with Crippen LogP contribution in [0.1, 0.15) is 33.1 Å². The molecule has 0 unspecified atom stereocenters. The molecule has 0 radical (unpaired) electrons. The zero-order chi connectivity index (χ0) is 14.3. The predicted octanol–water partition coefficient (Wildman–Crippen LogP) is 0.703. The third-order valence-corrected chi connectivity index (χ3v) is 3.84. The fourth-order valence-corrected chi connectivity index (χ4v) is 2.46. The van der Waals surface area contributed by atoms with Gasteiger partial charge in [0.2, 0.25) is 11.8 Å². The van der Waals surface area contributed by atoms with Crippen LogP contribution in [0.4, 0.5) is 0 Å². The molecule has 1 rings (SSSR count). The average Bonchev–Trinajstić information content (AvgIpc) is 2.41. The van der Waals surface area contributed by atoms with Crippen molar-refractivity contribution in [2.24, 2.45) is 5.92 Å². The third-order valence-electron chi connectivity index (χ3n) is 3.84. The van der Waals surface area contributed by atoms with E-state index in [9.17, 15) is 9.59 Å². The zero-order valence-electron chi connectivity index (χ0n) is 12.4. The number of hydrogen-bond acceptors (Lipinski definition) is 3. The van der Waals surface area contributed by atoms with E-state index in [2.05, 4.69) is 5.32 Å². The van der Waals surface area contributed by atoms with Gasteiger partial charge in [0.15, 0.2) is 0 Å². The van der Waals surface area contributed by atoms with E-state index in [1.54, 1.807) is 16.8 Å². The molecule has 0 atom stereocenters. The molecular formula is C14H27N3O2. The maximum atomic E-state index is 12.1. The molecule has 19 heavy (non-hydrogen) atoms. The Bertz CT molecular complexity index is 297. The minimum Gasteiger partial charge on any atom is -0.342 e. The van der Waals surface area contributed by atoms with Gasteiger partial charge in [-0.2, -0.15) is 0 Å². The van der Waals surface area contributed by atoms with Crippen LogP contribution >= 0.6 is 0 Å². The average molecular weight is 269 g/mol. The van der Waals surface area contributed by atoms with Crippen molar-refractivity contribution in [3.8, 4) is 0 Å². The first-order chi connectivity index (χ1) is 9.08. The molecule has 0 aromatic rings. The first-order valence-electron chi connectivity index (χ1n) is 7.30. The minimum absolute atomic E-state index is 0.0335. The maximum absolute atomic E-state index is 12.1. The minimum atomic E-state index is 0.0335. The fraction of sp³-hybridized carbons (Fsp3) is 0.857. The lowest BCUT2D eigenvalue weighted by Gasteiger charge is -2.26. The van der Waals surface area contributed by atoms with E-state index in [-0.39, 0.29) is 18.4 Å². The number of rotatable bonds is 6. The quantitative estimate of drug-likeness (QED) is 0.772. The highest BCUT2D eigenvalue weighted by molar-refractivity contribution is 5.84. The van der Waals surface area contributed by atoms with E-state index >= 15 is 0 Å². The Morgan fingerprint density at radius 1 is 1.11 bits per heavy atom. The summed E-state index contributed by atoms with van der Waals surface area (Å²) in [6.07, 6.45) is 2.69. The second kappa shape index (κ2) is 8.15. The van der Waals surface area contributed by atoms with Gasteiger partial charge >= 0.3 is 0 Å². The highest BCUT2D eigenvalue weighted by Gasteiger charge is 2.21.